The molecule has 1 aliphatic heterocycles. The molecule has 1 saturated heterocycles. The van der Waals surface area contributed by atoms with Gasteiger partial charge in [-0.2, -0.15) is 0 Å². The van der Waals surface area contributed by atoms with E-state index in [1.165, 1.54) is 6.33 Å². The molecule has 3 aliphatic rings. The zero-order valence-electron chi connectivity index (χ0n) is 19.9. The van der Waals surface area contributed by atoms with Gasteiger partial charge in [0.1, 0.15) is 29.7 Å². The molecule has 7 rings (SSSR count). The molecular formula is C26H29N7O2. The Labute approximate surface area is 202 Å². The minimum Gasteiger partial charge on any atom is -0.384 e. The quantitative estimate of drug-likeness (QED) is 0.462. The van der Waals surface area contributed by atoms with E-state index in [1.807, 2.05) is 32.0 Å². The summed E-state index contributed by atoms with van der Waals surface area (Å²) in [5.41, 5.74) is 14.6. The highest BCUT2D eigenvalue weighted by molar-refractivity contribution is 5.86. The molecular weight excluding hydrogens is 442 g/mol. The summed E-state index contributed by atoms with van der Waals surface area (Å²) >= 11 is 0. The number of hydrogen-bond donors (Lipinski definition) is 2. The number of nitrogen functional groups attached to an aromatic ring is 2. The van der Waals surface area contributed by atoms with Gasteiger partial charge in [-0.25, -0.2) is 19.9 Å². The Morgan fingerprint density at radius 3 is 2.74 bits per heavy atom. The summed E-state index contributed by atoms with van der Waals surface area (Å²) in [7, 11) is 0. The van der Waals surface area contributed by atoms with E-state index in [4.69, 9.17) is 25.9 Å². The number of nitrogens with two attached hydrogens (primary N) is 2. The number of aryl methyl sites for hydroxylation is 1. The van der Waals surface area contributed by atoms with Gasteiger partial charge in [-0.1, -0.05) is 0 Å². The van der Waals surface area contributed by atoms with Crippen molar-refractivity contribution in [3.63, 3.8) is 0 Å². The first-order valence-corrected chi connectivity index (χ1v) is 12.3. The summed E-state index contributed by atoms with van der Waals surface area (Å²) in [6, 6.07) is 10.1. The van der Waals surface area contributed by atoms with Gasteiger partial charge in [0.05, 0.1) is 17.5 Å². The van der Waals surface area contributed by atoms with Crippen LogP contribution in [0.1, 0.15) is 44.8 Å². The Hall–Kier alpha value is -3.30. The van der Waals surface area contributed by atoms with Crippen molar-refractivity contribution in [2.45, 2.75) is 63.6 Å². The number of ether oxygens (including phenoxy) is 2. The third kappa shape index (κ3) is 3.01. The fraction of sp³-hybridized carbons (Fsp3) is 0.462. The second-order valence-corrected chi connectivity index (χ2v) is 10.7. The van der Waals surface area contributed by atoms with Gasteiger partial charge >= 0.3 is 0 Å². The van der Waals surface area contributed by atoms with E-state index in [1.54, 1.807) is 0 Å². The molecule has 180 valence electrons. The van der Waals surface area contributed by atoms with E-state index in [-0.39, 0.29) is 23.7 Å². The molecule has 0 amide bonds. The van der Waals surface area contributed by atoms with Gasteiger partial charge in [0.25, 0.3) is 0 Å². The lowest BCUT2D eigenvalue weighted by Gasteiger charge is -2.50. The second-order valence-electron chi connectivity index (χ2n) is 10.7. The van der Waals surface area contributed by atoms with E-state index in [0.29, 0.717) is 23.2 Å². The molecule has 0 unspecified atom stereocenters. The molecule has 5 atom stereocenters. The molecule has 2 aliphatic carbocycles. The van der Waals surface area contributed by atoms with Crippen LogP contribution in [0.4, 0.5) is 11.6 Å². The Morgan fingerprint density at radius 2 is 1.91 bits per heavy atom. The molecule has 35 heavy (non-hydrogen) atoms. The van der Waals surface area contributed by atoms with Crippen LogP contribution in [0.5, 0.6) is 0 Å². The summed E-state index contributed by atoms with van der Waals surface area (Å²) in [5.74, 6) is 0.794. The van der Waals surface area contributed by atoms with Gasteiger partial charge in [-0.15, -0.1) is 0 Å². The van der Waals surface area contributed by atoms with Crippen LogP contribution in [-0.2, 0) is 15.9 Å². The largest absolute Gasteiger partial charge is 0.384 e. The number of hydrogen-bond acceptors (Lipinski definition) is 8. The molecule has 0 bridgehead atoms. The average molecular weight is 472 g/mol. The van der Waals surface area contributed by atoms with Gasteiger partial charge in [0.15, 0.2) is 11.4 Å². The monoisotopic (exact) mass is 471 g/mol. The van der Waals surface area contributed by atoms with Crippen molar-refractivity contribution in [1.29, 1.82) is 0 Å². The van der Waals surface area contributed by atoms with Crippen LogP contribution < -0.4 is 11.5 Å². The lowest BCUT2D eigenvalue weighted by molar-refractivity contribution is -0.192. The van der Waals surface area contributed by atoms with Crippen molar-refractivity contribution in [3.8, 4) is 0 Å². The fourth-order valence-electron chi connectivity index (χ4n) is 6.85. The normalized spacial score (nSPS) is 30.9. The second kappa shape index (κ2) is 7.11. The maximum Gasteiger partial charge on any atom is 0.163 e. The zero-order chi connectivity index (χ0) is 23.9. The first kappa shape index (κ1) is 21.0. The third-order valence-corrected chi connectivity index (χ3v) is 8.44. The van der Waals surface area contributed by atoms with Crippen molar-refractivity contribution < 1.29 is 9.47 Å². The zero-order valence-corrected chi connectivity index (χ0v) is 19.9. The summed E-state index contributed by atoms with van der Waals surface area (Å²) in [6.45, 7) is 4.03. The maximum atomic E-state index is 6.61. The van der Waals surface area contributed by atoms with Crippen molar-refractivity contribution in [2.75, 3.05) is 11.5 Å². The molecule has 9 nitrogen and oxygen atoms in total. The SMILES string of the molecule is CC1(C)O[C@H]2[C@H](n3ccc4c(N)ncnc43)[C@H]3CC[C@@]3(CCc3ccc4ccc(N)nc4n3)[C@H]2O1. The standard InChI is InChI=1S/C26H29N7O2/c1-25(2)34-20-19(33-12-9-16-22(28)29-13-30-24(16)33)17-8-11-26(17,21(20)35-25)10-7-15-5-3-14-4-6-18(27)32-23(14)31-15/h3-6,9,12-13,17,19-21H,7-8,10-11H2,1-2H3,(H2,27,31,32)(H2,28,29,30)/t17-,19-,20+,21+,26-/m1/s1. The number of rotatable bonds is 4. The van der Waals surface area contributed by atoms with Crippen molar-refractivity contribution in [2.24, 2.45) is 11.3 Å². The lowest BCUT2D eigenvalue weighted by atomic mass is 9.58. The van der Waals surface area contributed by atoms with Crippen molar-refractivity contribution >= 4 is 33.7 Å². The number of fused-ring (bicyclic) bond motifs is 5. The molecule has 0 aromatic carbocycles. The van der Waals surface area contributed by atoms with Crippen molar-refractivity contribution in [1.82, 2.24) is 24.5 Å². The molecule has 5 heterocycles. The molecule has 0 radical (unpaired) electrons. The number of nitrogens with zero attached hydrogens (tertiary/aromatic N) is 5. The van der Waals surface area contributed by atoms with Gasteiger partial charge < -0.3 is 25.5 Å². The minimum atomic E-state index is -0.624. The topological polar surface area (TPSA) is 127 Å². The highest BCUT2D eigenvalue weighted by Gasteiger charge is 2.70. The predicted molar refractivity (Wildman–Crippen MR) is 132 cm³/mol. The molecule has 4 aromatic heterocycles. The summed E-state index contributed by atoms with van der Waals surface area (Å²) in [5, 5.41) is 1.88. The summed E-state index contributed by atoms with van der Waals surface area (Å²) < 4.78 is 15.4. The summed E-state index contributed by atoms with van der Waals surface area (Å²) in [4.78, 5) is 18.0. The maximum absolute atomic E-state index is 6.61. The average Bonchev–Trinajstić information content (AvgIpc) is 3.42. The smallest absolute Gasteiger partial charge is 0.163 e. The molecule has 0 spiro atoms. The van der Waals surface area contributed by atoms with Crippen LogP contribution in [-0.4, -0.2) is 42.5 Å². The molecule has 9 heteroatoms. The number of aromatic nitrogens is 5. The van der Waals surface area contributed by atoms with E-state index in [0.717, 1.165) is 47.8 Å². The van der Waals surface area contributed by atoms with E-state index < -0.39 is 5.79 Å². The van der Waals surface area contributed by atoms with Gasteiger partial charge in [0.2, 0.25) is 0 Å². The van der Waals surface area contributed by atoms with E-state index in [9.17, 15) is 0 Å². The predicted octanol–water partition coefficient (Wildman–Crippen LogP) is 3.64. The first-order chi connectivity index (χ1) is 16.8. The lowest BCUT2D eigenvalue weighted by Crippen LogP contribution is -2.47. The number of pyridine rings is 2. The van der Waals surface area contributed by atoms with Crippen LogP contribution in [0.2, 0.25) is 0 Å². The van der Waals surface area contributed by atoms with Crippen LogP contribution in [0.3, 0.4) is 0 Å². The van der Waals surface area contributed by atoms with E-state index in [2.05, 4.69) is 37.8 Å². The van der Waals surface area contributed by atoms with Crippen LogP contribution in [0.15, 0.2) is 42.9 Å². The fourth-order valence-corrected chi connectivity index (χ4v) is 6.85. The molecule has 2 saturated carbocycles. The van der Waals surface area contributed by atoms with Gasteiger partial charge in [-0.05, 0) is 75.8 Å². The first-order valence-electron chi connectivity index (χ1n) is 12.3. The molecule has 4 aromatic rings. The Balaban J connectivity index is 1.24. The Morgan fingerprint density at radius 1 is 1.06 bits per heavy atom. The summed E-state index contributed by atoms with van der Waals surface area (Å²) in [6.07, 6.45) is 7.68. The highest BCUT2D eigenvalue weighted by Crippen LogP contribution is 2.68. The van der Waals surface area contributed by atoms with Crippen molar-refractivity contribution in [3.05, 3.63) is 48.5 Å². The Kier molecular flexibility index (Phi) is 4.27. The molecule has 4 N–H and O–H groups in total. The van der Waals surface area contributed by atoms with E-state index >= 15 is 0 Å². The van der Waals surface area contributed by atoms with Gasteiger partial charge in [-0.3, -0.25) is 0 Å². The van der Waals surface area contributed by atoms with Crippen LogP contribution in [0.25, 0.3) is 22.1 Å². The third-order valence-electron chi connectivity index (χ3n) is 8.44. The Bertz CT molecular complexity index is 1470. The number of anilines is 2. The van der Waals surface area contributed by atoms with Crippen LogP contribution >= 0.6 is 0 Å². The molecule has 3 fully saturated rings. The van der Waals surface area contributed by atoms with Gasteiger partial charge in [0, 0.05) is 22.7 Å². The van der Waals surface area contributed by atoms with Crippen LogP contribution in [0, 0.1) is 11.3 Å². The minimum absolute atomic E-state index is 0.0205. The highest BCUT2D eigenvalue weighted by atomic mass is 16.8.